The van der Waals surface area contributed by atoms with E-state index >= 15 is 0 Å². The largest absolute Gasteiger partial charge is 0.360 e. The number of nitrogens with zero attached hydrogens (tertiary/aromatic N) is 3. The van der Waals surface area contributed by atoms with E-state index in [1.807, 2.05) is 11.0 Å². The maximum atomic E-state index is 12.8. The molecule has 0 spiro atoms. The SMILES string of the molecule is O=C(c1cc(C2CC2)on1)N1CCC[C@@H](c2cc3ncccc3c(=O)[nH]2)C1. The smallest absolute Gasteiger partial charge is 0.276 e. The molecule has 1 N–H and O–H groups in total. The van der Waals surface area contributed by atoms with Gasteiger partial charge in [0, 0.05) is 42.9 Å². The highest BCUT2D eigenvalue weighted by atomic mass is 16.5. The maximum absolute atomic E-state index is 12.8. The van der Waals surface area contributed by atoms with Crippen LogP contribution in [0.25, 0.3) is 10.9 Å². The molecule has 0 aromatic carbocycles. The fourth-order valence-corrected chi connectivity index (χ4v) is 3.85. The zero-order chi connectivity index (χ0) is 18.4. The Labute approximate surface area is 155 Å². The molecule has 0 unspecified atom stereocenters. The van der Waals surface area contributed by atoms with Crippen LogP contribution in [0.2, 0.25) is 0 Å². The Morgan fingerprint density at radius 3 is 2.96 bits per heavy atom. The molecule has 7 nitrogen and oxygen atoms in total. The minimum Gasteiger partial charge on any atom is -0.360 e. The number of fused-ring (bicyclic) bond motifs is 1. The van der Waals surface area contributed by atoms with Gasteiger partial charge in [-0.25, -0.2) is 0 Å². The fourth-order valence-electron chi connectivity index (χ4n) is 3.85. The van der Waals surface area contributed by atoms with E-state index in [2.05, 4.69) is 15.1 Å². The van der Waals surface area contributed by atoms with Gasteiger partial charge in [0.15, 0.2) is 5.69 Å². The quantitative estimate of drug-likeness (QED) is 0.771. The van der Waals surface area contributed by atoms with Crippen molar-refractivity contribution in [3.8, 4) is 0 Å². The molecule has 3 aromatic rings. The number of hydrogen-bond acceptors (Lipinski definition) is 5. The summed E-state index contributed by atoms with van der Waals surface area (Å²) in [7, 11) is 0. The topological polar surface area (TPSA) is 92.1 Å². The average Bonchev–Trinajstić information content (AvgIpc) is 3.44. The van der Waals surface area contributed by atoms with Crippen molar-refractivity contribution >= 4 is 16.8 Å². The molecular weight excluding hydrogens is 344 g/mol. The first kappa shape index (κ1) is 16.2. The summed E-state index contributed by atoms with van der Waals surface area (Å²) in [6, 6.07) is 7.23. The first-order chi connectivity index (χ1) is 13.2. The number of nitrogens with one attached hydrogen (secondary N) is 1. The number of carbonyl (C=O) groups is 1. The Bertz CT molecular complexity index is 1070. The summed E-state index contributed by atoms with van der Waals surface area (Å²) < 4.78 is 5.32. The van der Waals surface area contributed by atoms with E-state index in [1.165, 1.54) is 0 Å². The Balaban J connectivity index is 1.38. The van der Waals surface area contributed by atoms with Crippen LogP contribution in [0.3, 0.4) is 0 Å². The average molecular weight is 364 g/mol. The van der Waals surface area contributed by atoms with Crippen LogP contribution in [0.15, 0.2) is 39.8 Å². The van der Waals surface area contributed by atoms with Crippen LogP contribution in [0.4, 0.5) is 0 Å². The summed E-state index contributed by atoms with van der Waals surface area (Å²) in [6.45, 7) is 1.25. The fraction of sp³-hybridized carbons (Fsp3) is 0.400. The molecule has 0 radical (unpaired) electrons. The molecule has 2 aliphatic rings. The normalized spacial score (nSPS) is 20.1. The molecule has 7 heteroatoms. The van der Waals surface area contributed by atoms with Crippen LogP contribution in [-0.2, 0) is 0 Å². The summed E-state index contributed by atoms with van der Waals surface area (Å²) in [5.74, 6) is 1.23. The number of piperidine rings is 1. The first-order valence-electron chi connectivity index (χ1n) is 9.43. The molecule has 3 aromatic heterocycles. The molecule has 4 heterocycles. The van der Waals surface area contributed by atoms with Gasteiger partial charge in [-0.3, -0.25) is 14.6 Å². The second-order valence-corrected chi connectivity index (χ2v) is 7.47. The van der Waals surface area contributed by atoms with Crippen molar-refractivity contribution < 1.29 is 9.32 Å². The van der Waals surface area contributed by atoms with Crippen LogP contribution >= 0.6 is 0 Å². The van der Waals surface area contributed by atoms with Crippen LogP contribution in [-0.4, -0.2) is 39.0 Å². The number of pyridine rings is 2. The third-order valence-electron chi connectivity index (χ3n) is 5.51. The lowest BCUT2D eigenvalue weighted by Gasteiger charge is -2.32. The Kier molecular flexibility index (Phi) is 3.81. The number of rotatable bonds is 3. The van der Waals surface area contributed by atoms with Crippen molar-refractivity contribution in [2.75, 3.05) is 13.1 Å². The van der Waals surface area contributed by atoms with Gasteiger partial charge in [0.05, 0.1) is 10.9 Å². The van der Waals surface area contributed by atoms with Gasteiger partial charge in [0.25, 0.3) is 11.5 Å². The number of amides is 1. The molecule has 2 fully saturated rings. The van der Waals surface area contributed by atoms with Gasteiger partial charge >= 0.3 is 0 Å². The lowest BCUT2D eigenvalue weighted by Crippen LogP contribution is -2.39. The lowest BCUT2D eigenvalue weighted by atomic mass is 9.93. The van der Waals surface area contributed by atoms with Crippen LogP contribution < -0.4 is 5.56 Å². The van der Waals surface area contributed by atoms with Gasteiger partial charge in [-0.15, -0.1) is 0 Å². The molecule has 1 atom stereocenters. The van der Waals surface area contributed by atoms with E-state index in [4.69, 9.17) is 4.52 Å². The van der Waals surface area contributed by atoms with Gasteiger partial charge in [0.2, 0.25) is 0 Å². The summed E-state index contributed by atoms with van der Waals surface area (Å²) in [5.41, 5.74) is 1.77. The standard InChI is InChI=1S/C20H20N4O3/c25-19-14-4-1-7-21-16(14)9-15(22-19)13-3-2-8-24(11-13)20(26)17-10-18(27-23-17)12-5-6-12/h1,4,7,9-10,12-13H,2-3,5-6,8,11H2,(H,22,25)/t13-/m1/s1. The molecular formula is C20H20N4O3. The van der Waals surface area contributed by atoms with Gasteiger partial charge in [0.1, 0.15) is 5.76 Å². The predicted molar refractivity (Wildman–Crippen MR) is 98.7 cm³/mol. The Morgan fingerprint density at radius 1 is 1.22 bits per heavy atom. The minimum absolute atomic E-state index is 0.0802. The number of likely N-dealkylation sites (tertiary alicyclic amines) is 1. The van der Waals surface area contributed by atoms with E-state index in [-0.39, 0.29) is 17.4 Å². The maximum Gasteiger partial charge on any atom is 0.276 e. The predicted octanol–water partition coefficient (Wildman–Crippen LogP) is 2.81. The molecule has 1 amide bonds. The van der Waals surface area contributed by atoms with Crippen molar-refractivity contribution in [3.63, 3.8) is 0 Å². The molecule has 138 valence electrons. The summed E-state index contributed by atoms with van der Waals surface area (Å²) >= 11 is 0. The van der Waals surface area contributed by atoms with Crippen molar-refractivity contribution in [1.29, 1.82) is 0 Å². The molecule has 1 aliphatic carbocycles. The Morgan fingerprint density at radius 2 is 2.11 bits per heavy atom. The van der Waals surface area contributed by atoms with E-state index < -0.39 is 0 Å². The highest BCUT2D eigenvalue weighted by Crippen LogP contribution is 2.40. The van der Waals surface area contributed by atoms with Crippen molar-refractivity contribution in [3.05, 3.63) is 58.0 Å². The molecule has 5 rings (SSSR count). The summed E-state index contributed by atoms with van der Waals surface area (Å²) in [5, 5.41) is 4.55. The second kappa shape index (κ2) is 6.33. The van der Waals surface area contributed by atoms with Gasteiger partial charge in [-0.1, -0.05) is 5.16 Å². The number of aromatic nitrogens is 3. The second-order valence-electron chi connectivity index (χ2n) is 7.47. The molecule has 1 aliphatic heterocycles. The van der Waals surface area contributed by atoms with Crippen molar-refractivity contribution in [2.24, 2.45) is 0 Å². The third-order valence-corrected chi connectivity index (χ3v) is 5.51. The van der Waals surface area contributed by atoms with Gasteiger partial charge in [-0.2, -0.15) is 0 Å². The van der Waals surface area contributed by atoms with Gasteiger partial charge in [-0.05, 0) is 43.9 Å². The molecule has 0 bridgehead atoms. The number of carbonyl (C=O) groups excluding carboxylic acids is 1. The molecule has 27 heavy (non-hydrogen) atoms. The summed E-state index contributed by atoms with van der Waals surface area (Å²) in [4.78, 5) is 34.3. The summed E-state index contributed by atoms with van der Waals surface area (Å²) in [6.07, 6.45) is 5.70. The van der Waals surface area contributed by atoms with E-state index in [1.54, 1.807) is 24.4 Å². The number of H-pyrrole nitrogens is 1. The van der Waals surface area contributed by atoms with Gasteiger partial charge < -0.3 is 14.4 Å². The molecule has 1 saturated carbocycles. The van der Waals surface area contributed by atoms with E-state index in [9.17, 15) is 9.59 Å². The van der Waals surface area contributed by atoms with Crippen LogP contribution in [0, 0.1) is 0 Å². The van der Waals surface area contributed by atoms with E-state index in [0.29, 0.717) is 35.6 Å². The highest BCUT2D eigenvalue weighted by molar-refractivity contribution is 5.92. The number of hydrogen-bond donors (Lipinski definition) is 1. The van der Waals surface area contributed by atoms with E-state index in [0.717, 1.165) is 37.1 Å². The molecule has 1 saturated heterocycles. The monoisotopic (exact) mass is 364 g/mol. The zero-order valence-corrected chi connectivity index (χ0v) is 14.9. The minimum atomic E-state index is -0.135. The lowest BCUT2D eigenvalue weighted by molar-refractivity contribution is 0.0695. The third kappa shape index (κ3) is 3.03. The van der Waals surface area contributed by atoms with Crippen LogP contribution in [0.1, 0.15) is 59.5 Å². The Hall–Kier alpha value is -2.96. The zero-order valence-electron chi connectivity index (χ0n) is 14.9. The van der Waals surface area contributed by atoms with Crippen molar-refractivity contribution in [1.82, 2.24) is 20.0 Å². The van der Waals surface area contributed by atoms with Crippen LogP contribution in [0.5, 0.6) is 0 Å². The number of aromatic amines is 1. The first-order valence-corrected chi connectivity index (χ1v) is 9.43. The van der Waals surface area contributed by atoms with Crippen molar-refractivity contribution in [2.45, 2.75) is 37.5 Å². The highest BCUT2D eigenvalue weighted by Gasteiger charge is 2.31.